The van der Waals surface area contributed by atoms with Gasteiger partial charge in [-0.15, -0.1) is 0 Å². The molecule has 1 unspecified atom stereocenters. The van der Waals surface area contributed by atoms with Crippen molar-refractivity contribution < 1.29 is 5.11 Å². The summed E-state index contributed by atoms with van der Waals surface area (Å²) >= 11 is 0. The van der Waals surface area contributed by atoms with Gasteiger partial charge in [-0.3, -0.25) is 0 Å². The van der Waals surface area contributed by atoms with Crippen LogP contribution in [0.25, 0.3) is 0 Å². The van der Waals surface area contributed by atoms with Crippen LogP contribution in [0.5, 0.6) is 0 Å². The predicted octanol–water partition coefficient (Wildman–Crippen LogP) is 3.28. The van der Waals surface area contributed by atoms with E-state index >= 15 is 0 Å². The lowest BCUT2D eigenvalue weighted by atomic mass is 9.90. The fourth-order valence-corrected chi connectivity index (χ4v) is 2.27. The van der Waals surface area contributed by atoms with E-state index in [4.69, 9.17) is 0 Å². The normalized spacial score (nSPS) is 23.9. The van der Waals surface area contributed by atoms with E-state index in [1.165, 1.54) is 12.8 Å². The van der Waals surface area contributed by atoms with Gasteiger partial charge >= 0.3 is 0 Å². The molecule has 1 saturated carbocycles. The Kier molecular flexibility index (Phi) is 3.98. The Hall–Kier alpha value is -0.300. The SMILES string of the molecule is CC/C=C/C(C)CC1(O)CCCC1. The van der Waals surface area contributed by atoms with E-state index in [0.29, 0.717) is 5.92 Å². The third-order valence-corrected chi connectivity index (χ3v) is 2.94. The zero-order chi connectivity index (χ0) is 9.73. The van der Waals surface area contributed by atoms with Gasteiger partial charge in [-0.2, -0.15) is 0 Å². The molecule has 1 rings (SSSR count). The zero-order valence-electron chi connectivity index (χ0n) is 8.92. The summed E-state index contributed by atoms with van der Waals surface area (Å²) in [6.07, 6.45) is 10.9. The molecule has 0 aromatic carbocycles. The molecule has 1 atom stereocenters. The van der Waals surface area contributed by atoms with E-state index in [0.717, 1.165) is 25.7 Å². The van der Waals surface area contributed by atoms with Gasteiger partial charge in [0, 0.05) is 0 Å². The zero-order valence-corrected chi connectivity index (χ0v) is 8.92. The molecule has 0 aliphatic heterocycles. The average molecular weight is 182 g/mol. The van der Waals surface area contributed by atoms with Crippen molar-refractivity contribution in [2.45, 2.75) is 58.0 Å². The Balaban J connectivity index is 2.33. The van der Waals surface area contributed by atoms with Crippen molar-refractivity contribution in [1.82, 2.24) is 0 Å². The smallest absolute Gasteiger partial charge is 0.0653 e. The van der Waals surface area contributed by atoms with Gasteiger partial charge in [-0.1, -0.05) is 38.8 Å². The van der Waals surface area contributed by atoms with Crippen LogP contribution in [0.15, 0.2) is 12.2 Å². The maximum absolute atomic E-state index is 10.1. The van der Waals surface area contributed by atoms with Crippen molar-refractivity contribution in [2.75, 3.05) is 0 Å². The summed E-state index contributed by atoms with van der Waals surface area (Å²) in [7, 11) is 0. The predicted molar refractivity (Wildman–Crippen MR) is 56.6 cm³/mol. The van der Waals surface area contributed by atoms with Gasteiger partial charge < -0.3 is 5.11 Å². The minimum absolute atomic E-state index is 0.336. The molecule has 0 radical (unpaired) electrons. The van der Waals surface area contributed by atoms with E-state index in [2.05, 4.69) is 26.0 Å². The van der Waals surface area contributed by atoms with Crippen molar-refractivity contribution in [1.29, 1.82) is 0 Å². The minimum atomic E-state index is -0.336. The van der Waals surface area contributed by atoms with Crippen molar-refractivity contribution in [3.05, 3.63) is 12.2 Å². The first-order valence-corrected chi connectivity index (χ1v) is 5.55. The first-order chi connectivity index (χ1) is 6.16. The Bertz CT molecular complexity index is 166. The summed E-state index contributed by atoms with van der Waals surface area (Å²) < 4.78 is 0. The molecule has 0 heterocycles. The molecule has 1 N–H and O–H groups in total. The van der Waals surface area contributed by atoms with Crippen LogP contribution in [0.2, 0.25) is 0 Å². The van der Waals surface area contributed by atoms with Crippen LogP contribution < -0.4 is 0 Å². The molecule has 1 aliphatic carbocycles. The Morgan fingerprint density at radius 3 is 2.54 bits per heavy atom. The fourth-order valence-electron chi connectivity index (χ4n) is 2.27. The molecule has 0 amide bonds. The van der Waals surface area contributed by atoms with Gasteiger partial charge in [-0.05, 0) is 31.6 Å². The fraction of sp³-hybridized carbons (Fsp3) is 0.833. The molecular formula is C12H22O. The van der Waals surface area contributed by atoms with Crippen LogP contribution >= 0.6 is 0 Å². The third-order valence-electron chi connectivity index (χ3n) is 2.94. The summed E-state index contributed by atoms with van der Waals surface area (Å²) in [5, 5.41) is 10.1. The second-order valence-corrected chi connectivity index (χ2v) is 4.45. The first kappa shape index (κ1) is 10.8. The van der Waals surface area contributed by atoms with Crippen LogP contribution in [0.1, 0.15) is 52.4 Å². The summed E-state index contributed by atoms with van der Waals surface area (Å²) in [5.41, 5.74) is -0.336. The summed E-state index contributed by atoms with van der Waals surface area (Å²) in [4.78, 5) is 0. The Morgan fingerprint density at radius 2 is 2.00 bits per heavy atom. The molecule has 1 aliphatic rings. The van der Waals surface area contributed by atoms with Crippen LogP contribution in [-0.4, -0.2) is 10.7 Å². The van der Waals surface area contributed by atoms with E-state index < -0.39 is 0 Å². The molecule has 1 nitrogen and oxygen atoms in total. The molecule has 0 spiro atoms. The standard InChI is InChI=1S/C12H22O/c1-3-4-7-11(2)10-12(13)8-5-6-9-12/h4,7,11,13H,3,5-6,8-10H2,1-2H3/b7-4+. The molecule has 1 fully saturated rings. The highest BCUT2D eigenvalue weighted by molar-refractivity contribution is 4.92. The lowest BCUT2D eigenvalue weighted by molar-refractivity contribution is 0.0299. The molecule has 76 valence electrons. The van der Waals surface area contributed by atoms with Crippen molar-refractivity contribution in [3.63, 3.8) is 0 Å². The van der Waals surface area contributed by atoms with Crippen LogP contribution in [-0.2, 0) is 0 Å². The molecule has 13 heavy (non-hydrogen) atoms. The average Bonchev–Trinajstić information content (AvgIpc) is 2.48. The number of rotatable bonds is 4. The van der Waals surface area contributed by atoms with Gasteiger partial charge in [0.2, 0.25) is 0 Å². The maximum Gasteiger partial charge on any atom is 0.0653 e. The molecule has 0 bridgehead atoms. The summed E-state index contributed by atoms with van der Waals surface area (Å²) in [5.74, 6) is 0.531. The second-order valence-electron chi connectivity index (χ2n) is 4.45. The molecule has 0 saturated heterocycles. The second kappa shape index (κ2) is 4.80. The van der Waals surface area contributed by atoms with Crippen LogP contribution in [0, 0.1) is 5.92 Å². The van der Waals surface area contributed by atoms with Gasteiger partial charge in [0.1, 0.15) is 0 Å². The third kappa shape index (κ3) is 3.51. The number of aliphatic hydroxyl groups is 1. The largest absolute Gasteiger partial charge is 0.390 e. The highest BCUT2D eigenvalue weighted by Crippen LogP contribution is 2.34. The first-order valence-electron chi connectivity index (χ1n) is 5.55. The van der Waals surface area contributed by atoms with Crippen molar-refractivity contribution >= 4 is 0 Å². The van der Waals surface area contributed by atoms with E-state index in [1.807, 2.05) is 0 Å². The monoisotopic (exact) mass is 182 g/mol. The quantitative estimate of drug-likeness (QED) is 0.661. The van der Waals surface area contributed by atoms with Gasteiger partial charge in [-0.25, -0.2) is 0 Å². The van der Waals surface area contributed by atoms with Gasteiger partial charge in [0.15, 0.2) is 0 Å². The van der Waals surface area contributed by atoms with Crippen molar-refractivity contribution in [3.8, 4) is 0 Å². The van der Waals surface area contributed by atoms with E-state index in [1.54, 1.807) is 0 Å². The highest BCUT2D eigenvalue weighted by atomic mass is 16.3. The Morgan fingerprint density at radius 1 is 1.38 bits per heavy atom. The molecule has 1 heteroatoms. The number of hydrogen-bond acceptors (Lipinski definition) is 1. The Labute approximate surface area is 81.9 Å². The highest BCUT2D eigenvalue weighted by Gasteiger charge is 2.31. The van der Waals surface area contributed by atoms with Crippen LogP contribution in [0.3, 0.4) is 0 Å². The van der Waals surface area contributed by atoms with Crippen molar-refractivity contribution in [2.24, 2.45) is 5.92 Å². The van der Waals surface area contributed by atoms with Gasteiger partial charge in [0.05, 0.1) is 5.60 Å². The summed E-state index contributed by atoms with van der Waals surface area (Å²) in [6.45, 7) is 4.34. The van der Waals surface area contributed by atoms with E-state index in [9.17, 15) is 5.11 Å². The minimum Gasteiger partial charge on any atom is -0.390 e. The molecule has 0 aromatic heterocycles. The van der Waals surface area contributed by atoms with E-state index in [-0.39, 0.29) is 5.60 Å². The number of allylic oxidation sites excluding steroid dienone is 2. The van der Waals surface area contributed by atoms with Gasteiger partial charge in [0.25, 0.3) is 0 Å². The lowest BCUT2D eigenvalue weighted by Gasteiger charge is -2.24. The molecule has 0 aromatic rings. The number of hydrogen-bond donors (Lipinski definition) is 1. The summed E-state index contributed by atoms with van der Waals surface area (Å²) in [6, 6.07) is 0. The van der Waals surface area contributed by atoms with Crippen LogP contribution in [0.4, 0.5) is 0 Å². The maximum atomic E-state index is 10.1. The lowest BCUT2D eigenvalue weighted by Crippen LogP contribution is -2.26. The molecular weight excluding hydrogens is 160 g/mol. The topological polar surface area (TPSA) is 20.2 Å².